The first-order valence-corrected chi connectivity index (χ1v) is 8.63. The van der Waals surface area contributed by atoms with Crippen LogP contribution in [0.15, 0.2) is 36.5 Å². The summed E-state index contributed by atoms with van der Waals surface area (Å²) in [6.07, 6.45) is -4.11. The number of aromatic nitrogens is 1. The fourth-order valence-electron chi connectivity index (χ4n) is 2.44. The van der Waals surface area contributed by atoms with Gasteiger partial charge < -0.3 is 4.74 Å². The van der Waals surface area contributed by atoms with Gasteiger partial charge in [0.25, 0.3) is 0 Å². The maximum Gasteiger partial charge on any atom is 0.429 e. The van der Waals surface area contributed by atoms with Crippen molar-refractivity contribution in [2.45, 2.75) is 38.7 Å². The quantitative estimate of drug-likeness (QED) is 0.458. The van der Waals surface area contributed by atoms with Gasteiger partial charge in [-0.2, -0.15) is 8.78 Å². The molecule has 27 heavy (non-hydrogen) atoms. The zero-order chi connectivity index (χ0) is 20.2. The van der Waals surface area contributed by atoms with E-state index in [1.807, 2.05) is 18.9 Å². The van der Waals surface area contributed by atoms with E-state index in [9.17, 15) is 18.0 Å². The predicted octanol–water partition coefficient (Wildman–Crippen LogP) is 5.07. The lowest BCUT2D eigenvalue weighted by Crippen LogP contribution is -2.34. The first-order valence-electron chi connectivity index (χ1n) is 8.25. The van der Waals surface area contributed by atoms with Gasteiger partial charge in [0.15, 0.2) is 6.29 Å². The molecule has 0 aliphatic rings. The van der Waals surface area contributed by atoms with Gasteiger partial charge in [-0.05, 0) is 44.7 Å². The third kappa shape index (κ3) is 5.20. The van der Waals surface area contributed by atoms with Crippen LogP contribution in [0.25, 0.3) is 0 Å². The largest absolute Gasteiger partial charge is 0.430 e. The first-order chi connectivity index (χ1) is 12.7. The Bertz CT molecular complexity index is 785. The van der Waals surface area contributed by atoms with Gasteiger partial charge in [0.1, 0.15) is 10.9 Å². The van der Waals surface area contributed by atoms with Gasteiger partial charge in [-0.25, -0.2) is 9.37 Å². The Morgan fingerprint density at radius 2 is 1.89 bits per heavy atom. The summed E-state index contributed by atoms with van der Waals surface area (Å²) in [5, 5.41) is 0.255. The van der Waals surface area contributed by atoms with E-state index in [0.717, 1.165) is 18.8 Å². The molecule has 0 saturated heterocycles. The van der Waals surface area contributed by atoms with E-state index in [1.165, 1.54) is 18.3 Å². The molecule has 4 nitrogen and oxygen atoms in total. The zero-order valence-electron chi connectivity index (χ0n) is 15.1. The highest BCUT2D eigenvalue weighted by atomic mass is 35.5. The summed E-state index contributed by atoms with van der Waals surface area (Å²) >= 11 is 6.10. The second-order valence-electron chi connectivity index (χ2n) is 6.23. The molecule has 0 aliphatic heterocycles. The van der Waals surface area contributed by atoms with Crippen molar-refractivity contribution in [2.24, 2.45) is 0 Å². The molecule has 0 bridgehead atoms. The SMILES string of the molecule is CC(c1ccc(OC(F)(F)C(C)F)cc1)N(C)Cc1c(C=O)ccnc1Cl. The standard InChI is InChI=1S/C19H20ClF3N2O2/c1-12(25(3)10-17-15(11-26)8-9-24-18(17)20)14-4-6-16(7-5-14)27-19(22,23)13(2)21/h4-9,11-13H,10H2,1-3H3. The van der Waals surface area contributed by atoms with E-state index in [1.54, 1.807) is 18.2 Å². The molecule has 0 radical (unpaired) electrons. The lowest BCUT2D eigenvalue weighted by molar-refractivity contribution is -0.215. The van der Waals surface area contributed by atoms with Crippen LogP contribution < -0.4 is 4.74 Å². The summed E-state index contributed by atoms with van der Waals surface area (Å²) in [7, 11) is 1.84. The normalized spacial score (nSPS) is 14.1. The molecule has 1 aromatic heterocycles. The second-order valence-corrected chi connectivity index (χ2v) is 6.59. The Hall–Kier alpha value is -2.12. The molecule has 8 heteroatoms. The van der Waals surface area contributed by atoms with E-state index in [4.69, 9.17) is 11.6 Å². The molecular formula is C19H20ClF3N2O2. The molecule has 0 saturated carbocycles. The van der Waals surface area contributed by atoms with Crippen LogP contribution in [-0.4, -0.2) is 35.5 Å². The molecule has 0 N–H and O–H groups in total. The molecule has 2 atom stereocenters. The maximum atomic E-state index is 13.3. The number of aldehydes is 1. The van der Waals surface area contributed by atoms with Crippen LogP contribution in [0.4, 0.5) is 13.2 Å². The summed E-state index contributed by atoms with van der Waals surface area (Å²) in [5.74, 6) is -0.123. The van der Waals surface area contributed by atoms with Gasteiger partial charge in [-0.1, -0.05) is 23.7 Å². The van der Waals surface area contributed by atoms with Gasteiger partial charge in [-0.15, -0.1) is 0 Å². The van der Waals surface area contributed by atoms with Crippen LogP contribution in [0, 0.1) is 0 Å². The van der Waals surface area contributed by atoms with Crippen LogP contribution in [0.5, 0.6) is 5.75 Å². The average molecular weight is 401 g/mol. The minimum atomic E-state index is -3.88. The van der Waals surface area contributed by atoms with Crippen LogP contribution in [0.3, 0.4) is 0 Å². The van der Waals surface area contributed by atoms with E-state index in [-0.39, 0.29) is 16.9 Å². The number of ether oxygens (including phenoxy) is 1. The highest BCUT2D eigenvalue weighted by Crippen LogP contribution is 2.29. The number of nitrogens with zero attached hydrogens (tertiary/aromatic N) is 2. The number of benzene rings is 1. The Morgan fingerprint density at radius 1 is 1.26 bits per heavy atom. The van der Waals surface area contributed by atoms with Crippen molar-refractivity contribution in [3.05, 3.63) is 58.4 Å². The predicted molar refractivity (Wildman–Crippen MR) is 97.1 cm³/mol. The number of halogens is 4. The van der Waals surface area contributed by atoms with Crippen LogP contribution in [0.1, 0.15) is 41.4 Å². The van der Waals surface area contributed by atoms with E-state index in [2.05, 4.69) is 9.72 Å². The van der Waals surface area contributed by atoms with Crippen molar-refractivity contribution < 1.29 is 22.7 Å². The Balaban J connectivity index is 2.11. The fourth-order valence-corrected chi connectivity index (χ4v) is 2.67. The van der Waals surface area contributed by atoms with Crippen molar-refractivity contribution in [3.8, 4) is 5.75 Å². The van der Waals surface area contributed by atoms with Gasteiger partial charge in [0.05, 0.1) is 0 Å². The minimum Gasteiger partial charge on any atom is -0.430 e. The topological polar surface area (TPSA) is 42.4 Å². The zero-order valence-corrected chi connectivity index (χ0v) is 15.9. The smallest absolute Gasteiger partial charge is 0.429 e. The van der Waals surface area contributed by atoms with E-state index in [0.29, 0.717) is 17.7 Å². The Labute approximate surface area is 160 Å². The molecule has 146 valence electrons. The first kappa shape index (κ1) is 21.2. The van der Waals surface area contributed by atoms with Gasteiger partial charge >= 0.3 is 6.11 Å². The summed E-state index contributed by atoms with van der Waals surface area (Å²) < 4.78 is 43.9. The number of hydrogen-bond donors (Lipinski definition) is 0. The Kier molecular flexibility index (Phi) is 6.84. The van der Waals surface area contributed by atoms with Crippen molar-refractivity contribution in [2.75, 3.05) is 7.05 Å². The third-order valence-corrected chi connectivity index (χ3v) is 4.64. The second kappa shape index (κ2) is 8.71. The van der Waals surface area contributed by atoms with Crippen molar-refractivity contribution in [1.29, 1.82) is 0 Å². The lowest BCUT2D eigenvalue weighted by Gasteiger charge is -2.26. The number of carbonyl (C=O) groups is 1. The minimum absolute atomic E-state index is 0.115. The number of rotatable bonds is 8. The molecule has 1 heterocycles. The molecule has 0 aliphatic carbocycles. The molecule has 0 amide bonds. The number of pyridine rings is 1. The molecule has 2 aromatic rings. The molecule has 2 rings (SSSR count). The molecule has 1 aromatic carbocycles. The lowest BCUT2D eigenvalue weighted by atomic mass is 10.1. The molecule has 0 fully saturated rings. The van der Waals surface area contributed by atoms with E-state index < -0.39 is 12.3 Å². The van der Waals surface area contributed by atoms with Crippen LogP contribution >= 0.6 is 11.6 Å². The summed E-state index contributed by atoms with van der Waals surface area (Å²) in [5.41, 5.74) is 1.90. The van der Waals surface area contributed by atoms with Crippen molar-refractivity contribution in [1.82, 2.24) is 9.88 Å². The summed E-state index contributed by atoms with van der Waals surface area (Å²) in [4.78, 5) is 17.1. The average Bonchev–Trinajstić information content (AvgIpc) is 2.62. The molecule has 0 spiro atoms. The van der Waals surface area contributed by atoms with Crippen molar-refractivity contribution in [3.63, 3.8) is 0 Å². The number of hydrogen-bond acceptors (Lipinski definition) is 4. The van der Waals surface area contributed by atoms with Crippen LogP contribution in [0.2, 0.25) is 5.15 Å². The van der Waals surface area contributed by atoms with Gasteiger partial charge in [0.2, 0.25) is 6.17 Å². The summed E-state index contributed by atoms with van der Waals surface area (Å²) in [6, 6.07) is 7.45. The third-order valence-electron chi connectivity index (χ3n) is 4.31. The van der Waals surface area contributed by atoms with E-state index >= 15 is 0 Å². The fraction of sp³-hybridized carbons (Fsp3) is 0.368. The molecular weight excluding hydrogens is 381 g/mol. The van der Waals surface area contributed by atoms with Gasteiger partial charge in [-0.3, -0.25) is 9.69 Å². The number of carbonyl (C=O) groups excluding carboxylic acids is 1. The highest BCUT2D eigenvalue weighted by Gasteiger charge is 2.39. The van der Waals surface area contributed by atoms with Crippen molar-refractivity contribution >= 4 is 17.9 Å². The monoisotopic (exact) mass is 400 g/mol. The molecule has 2 unspecified atom stereocenters. The summed E-state index contributed by atoms with van der Waals surface area (Å²) in [6.45, 7) is 3.03. The highest BCUT2D eigenvalue weighted by molar-refractivity contribution is 6.30. The van der Waals surface area contributed by atoms with Gasteiger partial charge in [0, 0.05) is 29.9 Å². The number of alkyl halides is 3. The maximum absolute atomic E-state index is 13.3. The van der Waals surface area contributed by atoms with Crippen LogP contribution in [-0.2, 0) is 6.54 Å². The Morgan fingerprint density at radius 3 is 2.44 bits per heavy atom.